The lowest BCUT2D eigenvalue weighted by molar-refractivity contribution is 0.250. The van der Waals surface area contributed by atoms with Crippen molar-refractivity contribution in [1.29, 1.82) is 0 Å². The molecule has 3 unspecified atom stereocenters. The third-order valence-electron chi connectivity index (χ3n) is 5.70. The molecule has 2 aliphatic carbocycles. The third kappa shape index (κ3) is 3.98. The third-order valence-corrected chi connectivity index (χ3v) is 5.70. The maximum absolute atomic E-state index is 6.34. The highest BCUT2D eigenvalue weighted by molar-refractivity contribution is 4.87. The molecule has 0 aromatic heterocycles. The van der Waals surface area contributed by atoms with Crippen LogP contribution in [0.25, 0.3) is 0 Å². The van der Waals surface area contributed by atoms with Gasteiger partial charge in [-0.1, -0.05) is 39.5 Å². The van der Waals surface area contributed by atoms with Crippen molar-refractivity contribution in [3.05, 3.63) is 0 Å². The minimum Gasteiger partial charge on any atom is -0.325 e. The van der Waals surface area contributed by atoms with E-state index in [1.54, 1.807) is 0 Å². The van der Waals surface area contributed by atoms with Crippen LogP contribution in [0.1, 0.15) is 85.0 Å². The average Bonchev–Trinajstić information content (AvgIpc) is 2.54. The van der Waals surface area contributed by atoms with Gasteiger partial charge in [0.15, 0.2) is 0 Å². The van der Waals surface area contributed by atoms with Crippen molar-refractivity contribution in [3.63, 3.8) is 0 Å². The molecule has 0 aromatic rings. The Hall–Kier alpha value is -0.0400. The summed E-state index contributed by atoms with van der Waals surface area (Å²) in [5, 5.41) is 0. The van der Waals surface area contributed by atoms with E-state index in [1.165, 1.54) is 64.2 Å². The Morgan fingerprint density at radius 1 is 0.722 bits per heavy atom. The Morgan fingerprint density at radius 3 is 1.94 bits per heavy atom. The summed E-state index contributed by atoms with van der Waals surface area (Å²) in [4.78, 5) is 0. The fourth-order valence-electron chi connectivity index (χ4n) is 4.18. The van der Waals surface area contributed by atoms with Crippen molar-refractivity contribution in [3.8, 4) is 0 Å². The molecule has 18 heavy (non-hydrogen) atoms. The van der Waals surface area contributed by atoms with E-state index in [-0.39, 0.29) is 5.54 Å². The molecular weight excluding hydrogens is 218 g/mol. The Bertz CT molecular complexity index is 239. The van der Waals surface area contributed by atoms with Gasteiger partial charge >= 0.3 is 0 Å². The van der Waals surface area contributed by atoms with Crippen LogP contribution in [0.2, 0.25) is 0 Å². The molecule has 2 rings (SSSR count). The van der Waals surface area contributed by atoms with E-state index in [0.717, 1.165) is 11.8 Å². The second-order valence-electron chi connectivity index (χ2n) is 8.20. The van der Waals surface area contributed by atoms with Gasteiger partial charge in [0.1, 0.15) is 0 Å². The lowest BCUT2D eigenvalue weighted by atomic mass is 9.79. The van der Waals surface area contributed by atoms with Gasteiger partial charge in [0.2, 0.25) is 0 Å². The topological polar surface area (TPSA) is 26.0 Å². The summed E-state index contributed by atoms with van der Waals surface area (Å²) >= 11 is 0. The highest BCUT2D eigenvalue weighted by atomic mass is 14.7. The first-order valence-corrected chi connectivity index (χ1v) is 8.17. The van der Waals surface area contributed by atoms with Gasteiger partial charge < -0.3 is 5.73 Å². The number of hydrogen-bond acceptors (Lipinski definition) is 1. The lowest BCUT2D eigenvalue weighted by Crippen LogP contribution is -2.35. The van der Waals surface area contributed by atoms with Crippen molar-refractivity contribution in [2.45, 2.75) is 90.5 Å². The SMILES string of the molecule is CC1(C)CCCC(C2CCCC(C)(N)CC2)CC1. The molecule has 106 valence electrons. The van der Waals surface area contributed by atoms with Crippen molar-refractivity contribution >= 4 is 0 Å². The minimum absolute atomic E-state index is 0.124. The molecule has 2 aliphatic rings. The summed E-state index contributed by atoms with van der Waals surface area (Å²) in [6.07, 6.45) is 14.0. The molecule has 0 radical (unpaired) electrons. The molecule has 0 heterocycles. The molecule has 0 saturated heterocycles. The van der Waals surface area contributed by atoms with Crippen LogP contribution in [0.4, 0.5) is 0 Å². The molecule has 0 spiro atoms. The minimum atomic E-state index is 0.124. The van der Waals surface area contributed by atoms with E-state index in [4.69, 9.17) is 5.73 Å². The van der Waals surface area contributed by atoms with Crippen molar-refractivity contribution in [2.24, 2.45) is 23.0 Å². The molecule has 0 aromatic carbocycles. The van der Waals surface area contributed by atoms with Gasteiger partial charge in [0.25, 0.3) is 0 Å². The zero-order chi connectivity index (χ0) is 13.2. The molecule has 2 N–H and O–H groups in total. The second-order valence-corrected chi connectivity index (χ2v) is 8.20. The van der Waals surface area contributed by atoms with E-state index in [2.05, 4.69) is 20.8 Å². The maximum atomic E-state index is 6.34. The molecule has 1 heteroatoms. The number of rotatable bonds is 1. The summed E-state index contributed by atoms with van der Waals surface area (Å²) in [6, 6.07) is 0. The summed E-state index contributed by atoms with van der Waals surface area (Å²) in [7, 11) is 0. The van der Waals surface area contributed by atoms with Crippen molar-refractivity contribution in [1.82, 2.24) is 0 Å². The van der Waals surface area contributed by atoms with Gasteiger partial charge in [-0.25, -0.2) is 0 Å². The molecule has 0 bridgehead atoms. The zero-order valence-corrected chi connectivity index (χ0v) is 12.8. The lowest BCUT2D eigenvalue weighted by Gasteiger charge is -2.27. The quantitative estimate of drug-likeness (QED) is 0.660. The normalized spacial score (nSPS) is 42.0. The van der Waals surface area contributed by atoms with Crippen LogP contribution in [-0.2, 0) is 0 Å². The van der Waals surface area contributed by atoms with Crippen LogP contribution in [0, 0.1) is 17.3 Å². The van der Waals surface area contributed by atoms with Crippen LogP contribution in [0.3, 0.4) is 0 Å². The van der Waals surface area contributed by atoms with Crippen LogP contribution in [0.15, 0.2) is 0 Å². The van der Waals surface area contributed by atoms with E-state index in [9.17, 15) is 0 Å². The molecular formula is C17H33N. The fraction of sp³-hybridized carbons (Fsp3) is 1.00. The summed E-state index contributed by atoms with van der Waals surface area (Å²) < 4.78 is 0. The molecule has 0 amide bonds. The predicted molar refractivity (Wildman–Crippen MR) is 79.5 cm³/mol. The smallest absolute Gasteiger partial charge is 0.0126 e. The number of nitrogens with two attached hydrogens (primary N) is 1. The van der Waals surface area contributed by atoms with Crippen molar-refractivity contribution in [2.75, 3.05) is 0 Å². The summed E-state index contributed by atoms with van der Waals surface area (Å²) in [6.45, 7) is 7.17. The van der Waals surface area contributed by atoms with Gasteiger partial charge in [-0.15, -0.1) is 0 Å². The highest BCUT2D eigenvalue weighted by Gasteiger charge is 2.32. The van der Waals surface area contributed by atoms with Crippen LogP contribution >= 0.6 is 0 Å². The largest absolute Gasteiger partial charge is 0.325 e. The fourth-order valence-corrected chi connectivity index (χ4v) is 4.18. The van der Waals surface area contributed by atoms with Gasteiger partial charge in [0.05, 0.1) is 0 Å². The zero-order valence-electron chi connectivity index (χ0n) is 12.8. The first kappa shape index (κ1) is 14.4. The van der Waals surface area contributed by atoms with Crippen LogP contribution in [0.5, 0.6) is 0 Å². The number of hydrogen-bond donors (Lipinski definition) is 1. The first-order valence-electron chi connectivity index (χ1n) is 8.17. The van der Waals surface area contributed by atoms with E-state index < -0.39 is 0 Å². The molecule has 0 aliphatic heterocycles. The summed E-state index contributed by atoms with van der Waals surface area (Å²) in [5.41, 5.74) is 7.07. The second kappa shape index (κ2) is 5.53. The van der Waals surface area contributed by atoms with Crippen LogP contribution < -0.4 is 5.73 Å². The molecule has 3 atom stereocenters. The standard InChI is InChI=1S/C17H33N/c1-16(2)10-4-6-14(8-12-16)15-7-5-11-17(3,18)13-9-15/h14-15H,4-13,18H2,1-3H3. The van der Waals surface area contributed by atoms with E-state index in [1.807, 2.05) is 0 Å². The monoisotopic (exact) mass is 251 g/mol. The van der Waals surface area contributed by atoms with E-state index >= 15 is 0 Å². The molecule has 2 saturated carbocycles. The highest BCUT2D eigenvalue weighted by Crippen LogP contribution is 2.42. The predicted octanol–water partition coefficient (Wildman–Crippen LogP) is 4.89. The molecule has 1 nitrogen and oxygen atoms in total. The Balaban J connectivity index is 1.91. The van der Waals surface area contributed by atoms with E-state index in [0.29, 0.717) is 5.41 Å². The van der Waals surface area contributed by atoms with Crippen LogP contribution in [-0.4, -0.2) is 5.54 Å². The first-order chi connectivity index (χ1) is 8.38. The van der Waals surface area contributed by atoms with Crippen molar-refractivity contribution < 1.29 is 0 Å². The van der Waals surface area contributed by atoms with Gasteiger partial charge in [-0.2, -0.15) is 0 Å². The Kier molecular flexibility index (Phi) is 4.41. The van der Waals surface area contributed by atoms with Gasteiger partial charge in [-0.05, 0) is 62.7 Å². The van der Waals surface area contributed by atoms with Gasteiger partial charge in [-0.3, -0.25) is 0 Å². The average molecular weight is 251 g/mol. The Labute approximate surface area is 114 Å². The Morgan fingerprint density at radius 2 is 1.28 bits per heavy atom. The maximum Gasteiger partial charge on any atom is 0.0126 e. The van der Waals surface area contributed by atoms with Gasteiger partial charge in [0, 0.05) is 5.54 Å². The summed E-state index contributed by atoms with van der Waals surface area (Å²) in [5.74, 6) is 1.98. The molecule has 2 fully saturated rings.